The molecule has 0 aromatic carbocycles. The van der Waals surface area contributed by atoms with Gasteiger partial charge >= 0.3 is 112 Å². The average Bonchev–Trinajstić information content (AvgIpc) is 2.04. The fraction of sp³-hybridized carbons (Fsp3) is 1.00. The van der Waals surface area contributed by atoms with E-state index in [4.69, 9.17) is 0 Å². The van der Waals surface area contributed by atoms with Crippen molar-refractivity contribution in [2.24, 2.45) is 0 Å². The molecule has 0 amide bonds. The van der Waals surface area contributed by atoms with Crippen LogP contribution in [-0.2, 0) is 22.3 Å². The van der Waals surface area contributed by atoms with Gasteiger partial charge in [-0.05, 0) is 0 Å². The second kappa shape index (κ2) is 5.73. The normalized spacial score (nSPS) is 14.8. The molecule has 0 aromatic heterocycles. The Morgan fingerprint density at radius 3 is 1.35 bits per heavy atom. The quantitative estimate of drug-likeness (QED) is 0.521. The number of alkyl halides is 9. The number of halogens is 9. The van der Waals surface area contributed by atoms with Crippen LogP contribution in [0.3, 0.4) is 0 Å². The summed E-state index contributed by atoms with van der Waals surface area (Å²) in [4.78, 5) is 0. The summed E-state index contributed by atoms with van der Waals surface area (Å²) in [6.07, 6.45) is -5.32. The van der Waals surface area contributed by atoms with Crippen LogP contribution in [0.25, 0.3) is 0 Å². The van der Waals surface area contributed by atoms with Crippen LogP contribution < -0.4 is 0 Å². The molecule has 0 aromatic rings. The zero-order valence-corrected chi connectivity index (χ0v) is 14.6. The molecule has 0 saturated heterocycles. The molecule has 0 heterocycles. The molecule has 0 atom stereocenters. The first-order chi connectivity index (χ1) is 8.41. The zero-order valence-electron chi connectivity index (χ0n) is 10.6. The monoisotopic (exact) mass is 390 g/mol. The van der Waals surface area contributed by atoms with Gasteiger partial charge in [0.2, 0.25) is 0 Å². The Balaban J connectivity index is 5.71. The summed E-state index contributed by atoms with van der Waals surface area (Å²) in [7, 11) is -3.44. The van der Waals surface area contributed by atoms with Crippen molar-refractivity contribution < 1.29 is 61.8 Å². The van der Waals surface area contributed by atoms with E-state index in [9.17, 15) is 39.5 Å². The van der Waals surface area contributed by atoms with Gasteiger partial charge in [-0.25, -0.2) is 0 Å². The van der Waals surface area contributed by atoms with E-state index >= 15 is 0 Å². The molecule has 0 aliphatic carbocycles. The molecule has 2 nitrogen and oxygen atoms in total. The Labute approximate surface area is 113 Å². The minimum absolute atomic E-state index is 1.01. The van der Waals surface area contributed by atoms with Crippen molar-refractivity contribution in [3.8, 4) is 0 Å². The van der Waals surface area contributed by atoms with Crippen molar-refractivity contribution in [3.05, 3.63) is 0 Å². The van der Waals surface area contributed by atoms with Gasteiger partial charge in [0, 0.05) is 0 Å². The van der Waals surface area contributed by atoms with E-state index < -0.39 is 46.1 Å². The van der Waals surface area contributed by atoms with Crippen LogP contribution in [-0.4, -0.2) is 30.6 Å². The topological polar surface area (TPSA) is 18.5 Å². The number of hydrogen-bond acceptors (Lipinski definition) is 2. The third-order valence-corrected chi connectivity index (χ3v) is 17.6. The fourth-order valence-corrected chi connectivity index (χ4v) is 16.4. The predicted molar refractivity (Wildman–Crippen MR) is 48.5 cm³/mol. The summed E-state index contributed by atoms with van der Waals surface area (Å²) in [5, 5.41) is 0. The Hall–Kier alpha value is 0.130. The SMILES string of the molecule is C[Si](C)(C)[O][Zn]([O]CC(F)(F)F)([C](F)(F)F)[C](F)(F)F. The van der Waals surface area contributed by atoms with Gasteiger partial charge in [0.25, 0.3) is 0 Å². The molecule has 0 saturated carbocycles. The first-order valence-corrected chi connectivity index (χ1v) is 14.1. The molecule has 0 fully saturated rings. The Kier molecular flexibility index (Phi) is 5.77. The van der Waals surface area contributed by atoms with Gasteiger partial charge in [-0.15, -0.1) is 0 Å². The summed E-state index contributed by atoms with van der Waals surface area (Å²) in [6, 6.07) is 0. The van der Waals surface area contributed by atoms with Crippen LogP contribution in [0.15, 0.2) is 0 Å². The zero-order chi connectivity index (χ0) is 16.6. The molecule has 120 valence electrons. The second-order valence-electron chi connectivity index (χ2n) is 5.32. The van der Waals surface area contributed by atoms with Crippen molar-refractivity contribution in [3.63, 3.8) is 0 Å². The van der Waals surface area contributed by atoms with Crippen LogP contribution in [0.2, 0.25) is 19.6 Å². The van der Waals surface area contributed by atoms with Gasteiger partial charge < -0.3 is 0 Å². The molecular formula is C7H11F9O2SiZn. The maximum absolute atomic E-state index is 12.8. The standard InChI is InChI=1S/C3H9OSi.C2H2F3O.2CF3.Zn/c1-5(2,3)4;3-2(4,5)1-6;2*2-1(3)4;/h1-3H3;1H2;;;/q2*-1;;;+2. The first-order valence-electron chi connectivity index (χ1n) is 5.33. The predicted octanol–water partition coefficient (Wildman–Crippen LogP) is 4.44. The van der Waals surface area contributed by atoms with E-state index in [1.807, 2.05) is 0 Å². The molecule has 0 radical (unpaired) electrons. The van der Waals surface area contributed by atoms with Gasteiger partial charge in [-0.2, -0.15) is 0 Å². The Bertz CT molecular complexity index is 315. The molecular weight excluding hydrogens is 381 g/mol. The van der Waals surface area contributed by atoms with E-state index in [0.29, 0.717) is 0 Å². The molecule has 0 rings (SSSR count). The Morgan fingerprint density at radius 1 is 0.800 bits per heavy atom. The van der Waals surface area contributed by atoms with E-state index in [-0.39, 0.29) is 0 Å². The van der Waals surface area contributed by atoms with E-state index in [2.05, 4.69) is 6.82 Å². The average molecular weight is 392 g/mol. The summed E-state index contributed by atoms with van der Waals surface area (Å²) < 4.78 is 108. The Morgan fingerprint density at radius 2 is 1.15 bits per heavy atom. The van der Waals surface area contributed by atoms with Crippen molar-refractivity contribution >= 4 is 8.32 Å². The summed E-state index contributed by atoms with van der Waals surface area (Å²) in [6.45, 7) is 0.385. The van der Waals surface area contributed by atoms with Crippen LogP contribution >= 0.6 is 0 Å². The maximum atomic E-state index is 12.8. The third kappa shape index (κ3) is 5.49. The van der Waals surface area contributed by atoms with Gasteiger partial charge in [-0.1, -0.05) is 0 Å². The minimum atomic E-state index is -8.14. The molecule has 0 aliphatic heterocycles. The van der Waals surface area contributed by atoms with Gasteiger partial charge in [0.05, 0.1) is 0 Å². The van der Waals surface area contributed by atoms with Crippen LogP contribution in [0.4, 0.5) is 39.5 Å². The molecule has 0 unspecified atom stereocenters. The summed E-state index contributed by atoms with van der Waals surface area (Å²) in [5.74, 6) is 0. The van der Waals surface area contributed by atoms with E-state index in [1.165, 1.54) is 0 Å². The summed E-state index contributed by atoms with van der Waals surface area (Å²) >= 11 is -8.14. The molecule has 0 N–H and O–H groups in total. The van der Waals surface area contributed by atoms with Crippen molar-refractivity contribution in [2.75, 3.05) is 6.61 Å². The third-order valence-electron chi connectivity index (χ3n) is 2.25. The fourth-order valence-electron chi connectivity index (χ4n) is 1.53. The molecule has 20 heavy (non-hydrogen) atoms. The molecule has 0 spiro atoms. The number of rotatable bonds is 4. The van der Waals surface area contributed by atoms with Crippen LogP contribution in [0.1, 0.15) is 0 Å². The molecule has 0 aliphatic rings. The van der Waals surface area contributed by atoms with Gasteiger partial charge in [0.1, 0.15) is 0 Å². The molecule has 0 bridgehead atoms. The van der Waals surface area contributed by atoms with Gasteiger partial charge in [-0.3, -0.25) is 0 Å². The van der Waals surface area contributed by atoms with Crippen molar-refractivity contribution in [1.29, 1.82) is 0 Å². The summed E-state index contributed by atoms with van der Waals surface area (Å²) in [5.41, 5.74) is 0. The van der Waals surface area contributed by atoms with Crippen LogP contribution in [0.5, 0.6) is 0 Å². The first kappa shape index (κ1) is 20.1. The van der Waals surface area contributed by atoms with Crippen LogP contribution in [0, 0.1) is 0 Å². The number of hydrogen-bond donors (Lipinski definition) is 0. The van der Waals surface area contributed by atoms with E-state index in [0.717, 1.165) is 19.6 Å². The van der Waals surface area contributed by atoms with Crippen molar-refractivity contribution in [1.82, 2.24) is 0 Å². The van der Waals surface area contributed by atoms with Gasteiger partial charge in [0.15, 0.2) is 0 Å². The van der Waals surface area contributed by atoms with Crippen molar-refractivity contribution in [2.45, 2.75) is 35.4 Å². The van der Waals surface area contributed by atoms with E-state index in [1.54, 1.807) is 0 Å². The second-order valence-corrected chi connectivity index (χ2v) is 19.5. The molecule has 13 heteroatoms.